The lowest BCUT2D eigenvalue weighted by Gasteiger charge is -2.12. The van der Waals surface area contributed by atoms with E-state index in [2.05, 4.69) is 0 Å². The van der Waals surface area contributed by atoms with Crippen molar-refractivity contribution in [1.29, 1.82) is 0 Å². The summed E-state index contributed by atoms with van der Waals surface area (Å²) in [4.78, 5) is 0. The highest BCUT2D eigenvalue weighted by atomic mass is 16.5. The molecular formula is C10H15BO3. The number of rotatable bonds is 3. The van der Waals surface area contributed by atoms with Gasteiger partial charge < -0.3 is 14.9 Å². The van der Waals surface area contributed by atoms with Crippen molar-refractivity contribution in [3.63, 3.8) is 0 Å². The smallest absolute Gasteiger partial charge is 0.324 e. The van der Waals surface area contributed by atoms with Crippen LogP contribution in [0.2, 0.25) is 6.82 Å². The van der Waals surface area contributed by atoms with Gasteiger partial charge in [-0.1, -0.05) is 12.9 Å². The molecule has 76 valence electrons. The van der Waals surface area contributed by atoms with Gasteiger partial charge in [-0.3, -0.25) is 0 Å². The highest BCUT2D eigenvalue weighted by Gasteiger charge is 2.14. The van der Waals surface area contributed by atoms with Crippen molar-refractivity contribution < 1.29 is 14.9 Å². The maximum atomic E-state index is 9.48. The van der Waals surface area contributed by atoms with Crippen LogP contribution in [-0.2, 0) is 6.61 Å². The van der Waals surface area contributed by atoms with Crippen molar-refractivity contribution in [2.24, 2.45) is 0 Å². The first-order chi connectivity index (χ1) is 6.60. The summed E-state index contributed by atoms with van der Waals surface area (Å²) in [5, 5.41) is 18.6. The van der Waals surface area contributed by atoms with E-state index in [0.29, 0.717) is 11.2 Å². The van der Waals surface area contributed by atoms with Gasteiger partial charge in [0.2, 0.25) is 0 Å². The molecule has 0 fully saturated rings. The predicted molar refractivity (Wildman–Crippen MR) is 57.1 cm³/mol. The molecule has 0 atom stereocenters. The molecule has 0 saturated heterocycles. The second-order valence-electron chi connectivity index (χ2n) is 3.35. The van der Waals surface area contributed by atoms with E-state index < -0.39 is 6.92 Å². The highest BCUT2D eigenvalue weighted by molar-refractivity contribution is 6.65. The average molecular weight is 194 g/mol. The van der Waals surface area contributed by atoms with Crippen LogP contribution >= 0.6 is 0 Å². The number of aliphatic hydroxyl groups excluding tert-OH is 1. The Kier molecular flexibility index (Phi) is 3.55. The Bertz CT molecular complexity index is 323. The molecule has 2 N–H and O–H groups in total. The zero-order chi connectivity index (χ0) is 10.7. The number of aliphatic hydroxyl groups is 1. The van der Waals surface area contributed by atoms with Crippen LogP contribution in [0.4, 0.5) is 0 Å². The number of benzene rings is 1. The third-order valence-corrected chi connectivity index (χ3v) is 2.31. The van der Waals surface area contributed by atoms with Crippen LogP contribution in [0.3, 0.4) is 0 Å². The summed E-state index contributed by atoms with van der Waals surface area (Å²) in [5.74, 6) is 0.662. The van der Waals surface area contributed by atoms with Gasteiger partial charge in [-0.2, -0.15) is 0 Å². The summed E-state index contributed by atoms with van der Waals surface area (Å²) in [7, 11) is 1.57. The second-order valence-corrected chi connectivity index (χ2v) is 3.35. The quantitative estimate of drug-likeness (QED) is 0.681. The standard InChI is InChI=1S/C10H15BO3/c1-7-4-10(14-3)9(11(2)13)5-8(7)6-12/h4-5,12-13H,6H2,1-3H3. The maximum absolute atomic E-state index is 9.48. The molecule has 0 saturated carbocycles. The van der Waals surface area contributed by atoms with E-state index >= 15 is 0 Å². The first-order valence-corrected chi connectivity index (χ1v) is 4.56. The Balaban J connectivity index is 3.25. The fourth-order valence-corrected chi connectivity index (χ4v) is 1.42. The van der Waals surface area contributed by atoms with Crippen molar-refractivity contribution in [2.75, 3.05) is 7.11 Å². The first-order valence-electron chi connectivity index (χ1n) is 4.56. The van der Waals surface area contributed by atoms with E-state index in [1.165, 1.54) is 0 Å². The third kappa shape index (κ3) is 2.08. The van der Waals surface area contributed by atoms with E-state index in [1.54, 1.807) is 20.0 Å². The summed E-state index contributed by atoms with van der Waals surface area (Å²) in [6.45, 7) is 2.97. The number of aryl methyl sites for hydroxylation is 1. The van der Waals surface area contributed by atoms with Gasteiger partial charge >= 0.3 is 6.92 Å². The van der Waals surface area contributed by atoms with Crippen LogP contribution < -0.4 is 10.2 Å². The van der Waals surface area contributed by atoms with E-state index in [0.717, 1.165) is 11.1 Å². The molecule has 1 aromatic rings. The Morgan fingerprint density at radius 1 is 1.43 bits per heavy atom. The Morgan fingerprint density at radius 3 is 2.50 bits per heavy atom. The SMILES string of the molecule is COc1cc(C)c(CO)cc1B(C)O. The molecule has 0 spiro atoms. The van der Waals surface area contributed by atoms with Crippen molar-refractivity contribution in [2.45, 2.75) is 20.4 Å². The zero-order valence-electron chi connectivity index (χ0n) is 8.74. The number of methoxy groups -OCH3 is 1. The monoisotopic (exact) mass is 194 g/mol. The molecule has 0 aromatic heterocycles. The van der Waals surface area contributed by atoms with Gasteiger partial charge in [-0.25, -0.2) is 0 Å². The van der Waals surface area contributed by atoms with E-state index in [4.69, 9.17) is 9.84 Å². The number of hydrogen-bond donors (Lipinski definition) is 2. The van der Waals surface area contributed by atoms with Gasteiger partial charge in [0.1, 0.15) is 5.75 Å². The fourth-order valence-electron chi connectivity index (χ4n) is 1.42. The van der Waals surface area contributed by atoms with Gasteiger partial charge in [-0.05, 0) is 29.6 Å². The summed E-state index contributed by atoms with van der Waals surface area (Å²) in [5.41, 5.74) is 2.50. The molecule has 0 unspecified atom stereocenters. The Hall–Kier alpha value is -0.995. The molecule has 0 amide bonds. The van der Waals surface area contributed by atoms with Gasteiger partial charge in [-0.15, -0.1) is 0 Å². The van der Waals surface area contributed by atoms with Crippen LogP contribution in [0.5, 0.6) is 5.75 Å². The molecule has 3 nitrogen and oxygen atoms in total. The van der Waals surface area contributed by atoms with Crippen molar-refractivity contribution in [1.82, 2.24) is 0 Å². The zero-order valence-corrected chi connectivity index (χ0v) is 8.74. The molecule has 1 aromatic carbocycles. The summed E-state index contributed by atoms with van der Waals surface area (Å²) >= 11 is 0. The maximum Gasteiger partial charge on any atom is 0.324 e. The van der Waals surface area contributed by atoms with Crippen LogP contribution in [0.15, 0.2) is 12.1 Å². The molecule has 0 radical (unpaired) electrons. The highest BCUT2D eigenvalue weighted by Crippen LogP contribution is 2.15. The first kappa shape index (κ1) is 11.1. The molecule has 0 aliphatic heterocycles. The van der Waals surface area contributed by atoms with Gasteiger partial charge in [0, 0.05) is 0 Å². The molecule has 0 bridgehead atoms. The average Bonchev–Trinajstić information content (AvgIpc) is 2.16. The van der Waals surface area contributed by atoms with Crippen molar-refractivity contribution >= 4 is 12.4 Å². The van der Waals surface area contributed by atoms with Crippen molar-refractivity contribution in [3.8, 4) is 5.75 Å². The fraction of sp³-hybridized carbons (Fsp3) is 0.400. The third-order valence-electron chi connectivity index (χ3n) is 2.31. The van der Waals surface area contributed by atoms with Gasteiger partial charge in [0.05, 0.1) is 13.7 Å². The molecule has 0 aliphatic rings. The molecule has 0 heterocycles. The van der Waals surface area contributed by atoms with E-state index in [1.807, 2.05) is 13.0 Å². The molecule has 14 heavy (non-hydrogen) atoms. The minimum absolute atomic E-state index is 0.0183. The van der Waals surface area contributed by atoms with E-state index in [-0.39, 0.29) is 6.61 Å². The molecule has 4 heteroatoms. The number of hydrogen-bond acceptors (Lipinski definition) is 3. The summed E-state index contributed by atoms with van der Waals surface area (Å²) in [6, 6.07) is 3.60. The second kappa shape index (κ2) is 4.48. The lowest BCUT2D eigenvalue weighted by atomic mass is 9.63. The molecule has 1 rings (SSSR count). The Labute approximate surface area is 84.5 Å². The van der Waals surface area contributed by atoms with Crippen molar-refractivity contribution in [3.05, 3.63) is 23.3 Å². The molecular weight excluding hydrogens is 179 g/mol. The summed E-state index contributed by atoms with van der Waals surface area (Å²) in [6.07, 6.45) is 0. The van der Waals surface area contributed by atoms with Crippen LogP contribution in [0.25, 0.3) is 0 Å². The van der Waals surface area contributed by atoms with Crippen LogP contribution in [0, 0.1) is 6.92 Å². The lowest BCUT2D eigenvalue weighted by Crippen LogP contribution is -2.28. The largest absolute Gasteiger partial charge is 0.497 e. The number of ether oxygens (including phenoxy) is 1. The van der Waals surface area contributed by atoms with Crippen LogP contribution in [-0.4, -0.2) is 24.2 Å². The normalized spacial score (nSPS) is 10.1. The van der Waals surface area contributed by atoms with E-state index in [9.17, 15) is 5.02 Å². The topological polar surface area (TPSA) is 49.7 Å². The predicted octanol–water partition coefficient (Wildman–Crippen LogP) is 0.317. The molecule has 0 aliphatic carbocycles. The Morgan fingerprint density at radius 2 is 2.07 bits per heavy atom. The van der Waals surface area contributed by atoms with Gasteiger partial charge in [0.15, 0.2) is 0 Å². The van der Waals surface area contributed by atoms with Gasteiger partial charge in [0.25, 0.3) is 0 Å². The minimum atomic E-state index is -0.587. The summed E-state index contributed by atoms with van der Waals surface area (Å²) < 4.78 is 5.15. The lowest BCUT2D eigenvalue weighted by molar-refractivity contribution is 0.281. The minimum Gasteiger partial charge on any atom is -0.497 e. The van der Waals surface area contributed by atoms with Crippen LogP contribution in [0.1, 0.15) is 11.1 Å².